The number of imidazole rings is 1. The van der Waals surface area contributed by atoms with Gasteiger partial charge in [-0.05, 0) is 24.3 Å². The quantitative estimate of drug-likeness (QED) is 0.590. The van der Waals surface area contributed by atoms with Crippen molar-refractivity contribution in [3.8, 4) is 17.3 Å². The van der Waals surface area contributed by atoms with Crippen LogP contribution in [0.15, 0.2) is 48.8 Å². The van der Waals surface area contributed by atoms with E-state index in [1.165, 1.54) is 12.1 Å². The van der Waals surface area contributed by atoms with Crippen LogP contribution in [-0.4, -0.2) is 43.5 Å². The summed E-state index contributed by atoms with van der Waals surface area (Å²) < 4.78 is 1.69. The fourth-order valence-corrected chi connectivity index (χ4v) is 2.59. The van der Waals surface area contributed by atoms with E-state index in [0.717, 1.165) is 5.56 Å². The van der Waals surface area contributed by atoms with E-state index in [1.807, 2.05) is 6.07 Å². The second-order valence-electron chi connectivity index (χ2n) is 5.96. The molecule has 0 aliphatic rings. The van der Waals surface area contributed by atoms with Crippen molar-refractivity contribution in [2.75, 3.05) is 0 Å². The lowest BCUT2D eigenvalue weighted by molar-refractivity contribution is -0.145. The van der Waals surface area contributed by atoms with Gasteiger partial charge < -0.3 is 19.9 Å². The van der Waals surface area contributed by atoms with Crippen LogP contribution in [0.25, 0.3) is 16.9 Å². The highest BCUT2D eigenvalue weighted by atomic mass is 16.4. The number of nitrogens with one attached hydrogen (secondary N) is 1. The van der Waals surface area contributed by atoms with Crippen LogP contribution in [0.2, 0.25) is 0 Å². The molecule has 0 fully saturated rings. The van der Waals surface area contributed by atoms with Crippen molar-refractivity contribution in [2.45, 2.75) is 12.5 Å². The van der Waals surface area contributed by atoms with Gasteiger partial charge in [0, 0.05) is 23.5 Å². The van der Waals surface area contributed by atoms with E-state index in [4.69, 9.17) is 15.5 Å². The molecule has 1 atom stereocenters. The van der Waals surface area contributed by atoms with Gasteiger partial charge in [-0.25, -0.2) is 9.78 Å². The van der Waals surface area contributed by atoms with Gasteiger partial charge in [0.2, 0.25) is 0 Å². The number of hydrogen-bond donors (Lipinski definition) is 3. The Kier molecular flexibility index (Phi) is 5.04. The second kappa shape index (κ2) is 7.59. The van der Waals surface area contributed by atoms with Gasteiger partial charge in [-0.15, -0.1) is 0 Å². The Bertz CT molecular complexity index is 1110. The molecule has 0 aliphatic heterocycles. The van der Waals surface area contributed by atoms with Gasteiger partial charge in [0.15, 0.2) is 0 Å². The summed E-state index contributed by atoms with van der Waals surface area (Å²) in [5.74, 6) is -3.47. The van der Waals surface area contributed by atoms with Crippen LogP contribution in [0.1, 0.15) is 22.3 Å². The van der Waals surface area contributed by atoms with Crippen LogP contribution in [0.5, 0.6) is 0 Å². The zero-order valence-electron chi connectivity index (χ0n) is 14.4. The number of carboxylic acid groups (broad SMARTS) is 2. The Morgan fingerprint density at radius 1 is 1.18 bits per heavy atom. The monoisotopic (exact) mass is 378 g/mol. The van der Waals surface area contributed by atoms with Gasteiger partial charge in [0.1, 0.15) is 11.7 Å². The second-order valence-corrected chi connectivity index (χ2v) is 5.96. The molecule has 2 heterocycles. The standard InChI is InChI=1S/C19H14N4O5/c20-9-11-1-3-12(4-2-11)15-10-23-6-5-13(7-16(23)21-15)18(26)22-14(19(27)28)8-17(24)25/h1-7,10,14H,8H2,(H,22,26)(H,24,25)(H,27,28)/t14-/m0/s1. The summed E-state index contributed by atoms with van der Waals surface area (Å²) in [7, 11) is 0. The Labute approximate surface area is 158 Å². The molecule has 3 N–H and O–H groups in total. The van der Waals surface area contributed by atoms with Gasteiger partial charge in [-0.3, -0.25) is 9.59 Å². The third kappa shape index (κ3) is 3.96. The minimum Gasteiger partial charge on any atom is -0.481 e. The van der Waals surface area contributed by atoms with Crippen LogP contribution in [0.4, 0.5) is 0 Å². The maximum atomic E-state index is 12.3. The summed E-state index contributed by atoms with van der Waals surface area (Å²) in [6.45, 7) is 0. The van der Waals surface area contributed by atoms with Gasteiger partial charge >= 0.3 is 11.9 Å². The Morgan fingerprint density at radius 2 is 1.89 bits per heavy atom. The molecule has 0 aliphatic carbocycles. The third-order valence-corrected chi connectivity index (χ3v) is 4.01. The molecule has 1 amide bonds. The summed E-state index contributed by atoms with van der Waals surface area (Å²) in [5, 5.41) is 28.9. The molecule has 0 saturated carbocycles. The van der Waals surface area contributed by atoms with Gasteiger partial charge in [0.25, 0.3) is 5.91 Å². The van der Waals surface area contributed by atoms with Crippen LogP contribution in [0, 0.1) is 11.3 Å². The zero-order chi connectivity index (χ0) is 20.3. The van der Waals surface area contributed by atoms with Gasteiger partial charge in [-0.2, -0.15) is 5.26 Å². The maximum Gasteiger partial charge on any atom is 0.326 e. The zero-order valence-corrected chi connectivity index (χ0v) is 14.4. The molecule has 0 bridgehead atoms. The molecule has 9 heteroatoms. The van der Waals surface area contributed by atoms with Crippen molar-refractivity contribution >= 4 is 23.5 Å². The number of nitriles is 1. The summed E-state index contributed by atoms with van der Waals surface area (Å²) in [5.41, 5.74) is 2.57. The molecule has 0 unspecified atom stereocenters. The van der Waals surface area contributed by atoms with Crippen molar-refractivity contribution in [1.82, 2.24) is 14.7 Å². The number of carbonyl (C=O) groups is 3. The van der Waals surface area contributed by atoms with Crippen molar-refractivity contribution in [3.05, 3.63) is 59.9 Å². The lowest BCUT2D eigenvalue weighted by Crippen LogP contribution is -2.42. The Balaban J connectivity index is 1.85. The number of hydrogen-bond acceptors (Lipinski definition) is 5. The summed E-state index contributed by atoms with van der Waals surface area (Å²) in [4.78, 5) is 38.6. The van der Waals surface area contributed by atoms with E-state index >= 15 is 0 Å². The number of carboxylic acids is 2. The first-order valence-corrected chi connectivity index (χ1v) is 8.12. The molecule has 3 rings (SSSR count). The Morgan fingerprint density at radius 3 is 2.50 bits per heavy atom. The molecule has 0 spiro atoms. The van der Waals surface area contributed by atoms with E-state index in [-0.39, 0.29) is 5.56 Å². The fraction of sp³-hybridized carbons (Fsp3) is 0.105. The first-order valence-electron chi connectivity index (χ1n) is 8.12. The molecule has 140 valence electrons. The van der Waals surface area contributed by atoms with E-state index in [2.05, 4.69) is 10.3 Å². The number of amides is 1. The average molecular weight is 378 g/mol. The highest BCUT2D eigenvalue weighted by Crippen LogP contribution is 2.20. The highest BCUT2D eigenvalue weighted by Gasteiger charge is 2.23. The lowest BCUT2D eigenvalue weighted by atomic mass is 10.1. The van der Waals surface area contributed by atoms with E-state index in [0.29, 0.717) is 16.9 Å². The molecular formula is C19H14N4O5. The highest BCUT2D eigenvalue weighted by molar-refractivity contribution is 5.98. The molecule has 9 nitrogen and oxygen atoms in total. The summed E-state index contributed by atoms with van der Waals surface area (Å²) in [6, 6.07) is 10.3. The van der Waals surface area contributed by atoms with Crippen molar-refractivity contribution in [1.29, 1.82) is 5.26 Å². The SMILES string of the molecule is N#Cc1ccc(-c2cn3ccc(C(=O)N[C@@H](CC(=O)O)C(=O)O)cc3n2)cc1. The van der Waals surface area contributed by atoms with Crippen LogP contribution in [0.3, 0.4) is 0 Å². The molecule has 1 aromatic carbocycles. The van der Waals surface area contributed by atoms with Crippen LogP contribution in [-0.2, 0) is 9.59 Å². The molecule has 0 radical (unpaired) electrons. The maximum absolute atomic E-state index is 12.3. The van der Waals surface area contributed by atoms with Crippen molar-refractivity contribution < 1.29 is 24.6 Å². The largest absolute Gasteiger partial charge is 0.481 e. The number of benzene rings is 1. The van der Waals surface area contributed by atoms with E-state index in [9.17, 15) is 14.4 Å². The van der Waals surface area contributed by atoms with Crippen molar-refractivity contribution in [3.63, 3.8) is 0 Å². The van der Waals surface area contributed by atoms with Gasteiger partial charge in [0.05, 0.1) is 23.7 Å². The molecule has 0 saturated heterocycles. The molecule has 3 aromatic rings. The van der Waals surface area contributed by atoms with E-state index < -0.39 is 30.3 Å². The number of aliphatic carboxylic acids is 2. The normalized spacial score (nSPS) is 11.5. The third-order valence-electron chi connectivity index (χ3n) is 4.01. The molecule has 2 aromatic heterocycles. The average Bonchev–Trinajstić information content (AvgIpc) is 3.10. The fourth-order valence-electron chi connectivity index (χ4n) is 2.59. The lowest BCUT2D eigenvalue weighted by Gasteiger charge is -2.12. The minimum absolute atomic E-state index is 0.154. The number of rotatable bonds is 6. The number of aromatic nitrogens is 2. The van der Waals surface area contributed by atoms with E-state index in [1.54, 1.807) is 41.1 Å². The predicted octanol–water partition coefficient (Wildman–Crippen LogP) is 1.53. The predicted molar refractivity (Wildman–Crippen MR) is 96.5 cm³/mol. The van der Waals surface area contributed by atoms with Crippen molar-refractivity contribution in [2.24, 2.45) is 0 Å². The minimum atomic E-state index is -1.53. The summed E-state index contributed by atoms with van der Waals surface area (Å²) in [6.07, 6.45) is 2.62. The Hall–Kier alpha value is -4.19. The van der Waals surface area contributed by atoms with Gasteiger partial charge in [-0.1, -0.05) is 12.1 Å². The van der Waals surface area contributed by atoms with Crippen LogP contribution >= 0.6 is 0 Å². The number of fused-ring (bicyclic) bond motifs is 1. The number of pyridine rings is 1. The smallest absolute Gasteiger partial charge is 0.326 e. The molecular weight excluding hydrogens is 364 g/mol. The van der Waals surface area contributed by atoms with Crippen LogP contribution < -0.4 is 5.32 Å². The first-order chi connectivity index (χ1) is 13.4. The molecule has 28 heavy (non-hydrogen) atoms. The first kappa shape index (κ1) is 18.6. The topological polar surface area (TPSA) is 145 Å². The number of carbonyl (C=O) groups excluding carboxylic acids is 1. The summed E-state index contributed by atoms with van der Waals surface area (Å²) >= 11 is 0. The number of nitrogens with zero attached hydrogens (tertiary/aromatic N) is 3.